The fourth-order valence-corrected chi connectivity index (χ4v) is 3.02. The van der Waals surface area contributed by atoms with Gasteiger partial charge in [0.2, 0.25) is 0 Å². The molecule has 0 aliphatic carbocycles. The summed E-state index contributed by atoms with van der Waals surface area (Å²) < 4.78 is 11.6. The van der Waals surface area contributed by atoms with Crippen LogP contribution in [0.5, 0.6) is 0 Å². The predicted octanol–water partition coefficient (Wildman–Crippen LogP) is 1.25. The quantitative estimate of drug-likeness (QED) is 0.775. The molecular weight excluding hydrogens is 228 g/mol. The van der Waals surface area contributed by atoms with Crippen LogP contribution >= 0.6 is 0 Å². The standard InChI is InChI=1S/C14H28N2O2/c1-3-16-8-10-18-14(11-16)13(15-2)7-6-12-5-4-9-17-12/h12-15H,3-11H2,1-2H3. The van der Waals surface area contributed by atoms with Crippen LogP contribution in [0.25, 0.3) is 0 Å². The molecule has 0 radical (unpaired) electrons. The molecule has 3 unspecified atom stereocenters. The van der Waals surface area contributed by atoms with Crippen LogP contribution in [0.4, 0.5) is 0 Å². The molecule has 106 valence electrons. The SMILES string of the molecule is CCN1CCOC(C(CCC2CCCO2)NC)C1. The topological polar surface area (TPSA) is 33.7 Å². The Balaban J connectivity index is 1.75. The van der Waals surface area contributed by atoms with E-state index in [1.807, 2.05) is 0 Å². The van der Waals surface area contributed by atoms with Crippen LogP contribution in [0.2, 0.25) is 0 Å². The second-order valence-corrected chi connectivity index (χ2v) is 5.41. The number of ether oxygens (including phenoxy) is 2. The van der Waals surface area contributed by atoms with Crippen molar-refractivity contribution in [1.29, 1.82) is 0 Å². The molecule has 0 saturated carbocycles. The molecule has 2 aliphatic heterocycles. The Kier molecular flexibility index (Phi) is 5.89. The van der Waals surface area contributed by atoms with Gasteiger partial charge in [-0.05, 0) is 39.3 Å². The molecule has 0 bridgehead atoms. The van der Waals surface area contributed by atoms with Gasteiger partial charge in [-0.3, -0.25) is 4.90 Å². The molecule has 1 N–H and O–H groups in total. The summed E-state index contributed by atoms with van der Waals surface area (Å²) in [7, 11) is 2.05. The van der Waals surface area contributed by atoms with Gasteiger partial charge in [-0.25, -0.2) is 0 Å². The smallest absolute Gasteiger partial charge is 0.0855 e. The first-order chi connectivity index (χ1) is 8.83. The fourth-order valence-electron chi connectivity index (χ4n) is 3.02. The van der Waals surface area contributed by atoms with Gasteiger partial charge in [0.25, 0.3) is 0 Å². The van der Waals surface area contributed by atoms with Gasteiger partial charge in [-0.15, -0.1) is 0 Å². The normalized spacial score (nSPS) is 31.7. The lowest BCUT2D eigenvalue weighted by Gasteiger charge is -2.36. The van der Waals surface area contributed by atoms with Crippen LogP contribution in [0.3, 0.4) is 0 Å². The first-order valence-corrected chi connectivity index (χ1v) is 7.46. The Morgan fingerprint density at radius 3 is 2.89 bits per heavy atom. The van der Waals surface area contributed by atoms with Crippen molar-refractivity contribution in [3.05, 3.63) is 0 Å². The highest BCUT2D eigenvalue weighted by Gasteiger charge is 2.27. The van der Waals surface area contributed by atoms with E-state index in [-0.39, 0.29) is 0 Å². The van der Waals surface area contributed by atoms with Crippen molar-refractivity contribution < 1.29 is 9.47 Å². The number of morpholine rings is 1. The van der Waals surface area contributed by atoms with Crippen LogP contribution in [0, 0.1) is 0 Å². The van der Waals surface area contributed by atoms with E-state index in [0.717, 1.165) is 45.7 Å². The third kappa shape index (κ3) is 3.92. The van der Waals surface area contributed by atoms with Crippen LogP contribution in [-0.2, 0) is 9.47 Å². The van der Waals surface area contributed by atoms with Crippen molar-refractivity contribution in [2.45, 2.75) is 50.9 Å². The molecule has 0 aromatic heterocycles. The zero-order chi connectivity index (χ0) is 12.8. The summed E-state index contributed by atoms with van der Waals surface area (Å²) in [6, 6.07) is 0.462. The van der Waals surface area contributed by atoms with Crippen molar-refractivity contribution in [1.82, 2.24) is 10.2 Å². The zero-order valence-corrected chi connectivity index (χ0v) is 11.9. The van der Waals surface area contributed by atoms with E-state index in [1.54, 1.807) is 0 Å². The van der Waals surface area contributed by atoms with Crippen molar-refractivity contribution >= 4 is 0 Å². The highest BCUT2D eigenvalue weighted by molar-refractivity contribution is 4.83. The minimum Gasteiger partial charge on any atom is -0.378 e. The molecule has 3 atom stereocenters. The second-order valence-electron chi connectivity index (χ2n) is 5.41. The predicted molar refractivity (Wildman–Crippen MR) is 72.9 cm³/mol. The first kappa shape index (κ1) is 14.3. The number of hydrogen-bond donors (Lipinski definition) is 1. The van der Waals surface area contributed by atoms with Crippen molar-refractivity contribution in [3.63, 3.8) is 0 Å². The van der Waals surface area contributed by atoms with Crippen molar-refractivity contribution in [2.75, 3.05) is 39.9 Å². The zero-order valence-electron chi connectivity index (χ0n) is 11.9. The van der Waals surface area contributed by atoms with Gasteiger partial charge >= 0.3 is 0 Å². The van der Waals surface area contributed by atoms with Gasteiger partial charge < -0.3 is 14.8 Å². The molecule has 0 amide bonds. The van der Waals surface area contributed by atoms with Crippen LogP contribution in [0.15, 0.2) is 0 Å². The van der Waals surface area contributed by atoms with Crippen LogP contribution in [-0.4, -0.2) is 63.0 Å². The minimum atomic E-state index is 0.338. The van der Waals surface area contributed by atoms with Gasteiger partial charge in [0, 0.05) is 25.7 Å². The molecule has 0 aromatic carbocycles. The number of nitrogens with zero attached hydrogens (tertiary/aromatic N) is 1. The van der Waals surface area contributed by atoms with Crippen LogP contribution in [0.1, 0.15) is 32.6 Å². The van der Waals surface area contributed by atoms with Crippen molar-refractivity contribution in [2.24, 2.45) is 0 Å². The minimum absolute atomic E-state index is 0.338. The summed E-state index contributed by atoms with van der Waals surface area (Å²) in [4.78, 5) is 2.48. The summed E-state index contributed by atoms with van der Waals surface area (Å²) in [5, 5.41) is 3.43. The van der Waals surface area contributed by atoms with Gasteiger partial charge in [-0.2, -0.15) is 0 Å². The maximum absolute atomic E-state index is 5.93. The van der Waals surface area contributed by atoms with Crippen molar-refractivity contribution in [3.8, 4) is 0 Å². The molecule has 0 spiro atoms. The lowest BCUT2D eigenvalue weighted by atomic mass is 10.0. The van der Waals surface area contributed by atoms with Crippen LogP contribution < -0.4 is 5.32 Å². The Labute approximate surface area is 111 Å². The molecule has 2 fully saturated rings. The third-order valence-corrected chi connectivity index (χ3v) is 4.27. The molecule has 2 saturated heterocycles. The Bertz CT molecular complexity index is 232. The molecule has 0 aromatic rings. The lowest BCUT2D eigenvalue weighted by Crippen LogP contribution is -2.51. The molecular formula is C14H28N2O2. The van der Waals surface area contributed by atoms with E-state index in [9.17, 15) is 0 Å². The summed E-state index contributed by atoms with van der Waals surface area (Å²) >= 11 is 0. The fraction of sp³-hybridized carbons (Fsp3) is 1.00. The molecule has 18 heavy (non-hydrogen) atoms. The summed E-state index contributed by atoms with van der Waals surface area (Å²) in [6.07, 6.45) is 5.62. The second kappa shape index (κ2) is 7.43. The molecule has 4 nitrogen and oxygen atoms in total. The van der Waals surface area contributed by atoms with E-state index in [1.165, 1.54) is 12.8 Å². The largest absolute Gasteiger partial charge is 0.378 e. The average Bonchev–Trinajstić information content (AvgIpc) is 2.93. The summed E-state index contributed by atoms with van der Waals surface area (Å²) in [5.41, 5.74) is 0. The van der Waals surface area contributed by atoms with Gasteiger partial charge in [0.1, 0.15) is 0 Å². The Morgan fingerprint density at radius 1 is 1.33 bits per heavy atom. The number of rotatable bonds is 6. The van der Waals surface area contributed by atoms with E-state index < -0.39 is 0 Å². The highest BCUT2D eigenvalue weighted by Crippen LogP contribution is 2.20. The molecule has 2 rings (SSSR count). The van der Waals surface area contributed by atoms with E-state index >= 15 is 0 Å². The van der Waals surface area contributed by atoms with Gasteiger partial charge in [0.05, 0.1) is 18.8 Å². The molecule has 4 heteroatoms. The molecule has 2 heterocycles. The number of hydrogen-bond acceptors (Lipinski definition) is 4. The lowest BCUT2D eigenvalue weighted by molar-refractivity contribution is -0.0470. The maximum Gasteiger partial charge on any atom is 0.0855 e. The van der Waals surface area contributed by atoms with Gasteiger partial charge in [0.15, 0.2) is 0 Å². The Hall–Kier alpha value is -0.160. The highest BCUT2D eigenvalue weighted by atomic mass is 16.5. The third-order valence-electron chi connectivity index (χ3n) is 4.27. The molecule has 2 aliphatic rings. The summed E-state index contributed by atoms with van der Waals surface area (Å²) in [6.45, 7) is 7.32. The first-order valence-electron chi connectivity index (χ1n) is 7.46. The Morgan fingerprint density at radius 2 is 2.22 bits per heavy atom. The van der Waals surface area contributed by atoms with E-state index in [2.05, 4.69) is 24.2 Å². The monoisotopic (exact) mass is 256 g/mol. The maximum atomic E-state index is 5.93. The summed E-state index contributed by atoms with van der Waals surface area (Å²) in [5.74, 6) is 0. The average molecular weight is 256 g/mol. The number of nitrogens with one attached hydrogen (secondary N) is 1. The van der Waals surface area contributed by atoms with E-state index in [4.69, 9.17) is 9.47 Å². The van der Waals surface area contributed by atoms with Gasteiger partial charge in [-0.1, -0.05) is 6.92 Å². The number of likely N-dealkylation sites (N-methyl/N-ethyl adjacent to an activating group) is 2. The van der Waals surface area contributed by atoms with E-state index in [0.29, 0.717) is 18.2 Å².